The molecule has 0 radical (unpaired) electrons. The zero-order chi connectivity index (χ0) is 18.0. The standard InChI is InChI=1S/C17H20N2O5S/c1-17-6-5-14(20)19(17)13(10-25-17)16(23)18-8-11-3-2-4-12(7-11)24-9-15(21)22/h2-4,7,13H,5-6,8-10H2,1H3,(H,18,23)(H,21,22). The van der Waals surface area contributed by atoms with Crippen LogP contribution in [0.5, 0.6) is 5.75 Å². The largest absolute Gasteiger partial charge is 0.482 e. The van der Waals surface area contributed by atoms with Gasteiger partial charge in [-0.15, -0.1) is 11.8 Å². The van der Waals surface area contributed by atoms with Crippen LogP contribution in [0, 0.1) is 0 Å². The van der Waals surface area contributed by atoms with Gasteiger partial charge in [0.1, 0.15) is 11.8 Å². The van der Waals surface area contributed by atoms with Crippen LogP contribution in [0.3, 0.4) is 0 Å². The molecule has 2 aliphatic heterocycles. The minimum Gasteiger partial charge on any atom is -0.482 e. The second-order valence-electron chi connectivity index (χ2n) is 6.31. The van der Waals surface area contributed by atoms with Crippen LogP contribution in [0.25, 0.3) is 0 Å². The highest BCUT2D eigenvalue weighted by atomic mass is 32.2. The molecule has 3 rings (SSSR count). The van der Waals surface area contributed by atoms with Crippen molar-refractivity contribution in [3.63, 3.8) is 0 Å². The highest BCUT2D eigenvalue weighted by molar-refractivity contribution is 8.01. The number of hydrogen-bond donors (Lipinski definition) is 2. The first kappa shape index (κ1) is 17.6. The zero-order valence-electron chi connectivity index (χ0n) is 13.9. The van der Waals surface area contributed by atoms with Crippen molar-refractivity contribution in [2.24, 2.45) is 0 Å². The molecule has 134 valence electrons. The first-order valence-corrected chi connectivity index (χ1v) is 9.05. The van der Waals surface area contributed by atoms with E-state index < -0.39 is 18.6 Å². The van der Waals surface area contributed by atoms with Crippen molar-refractivity contribution >= 4 is 29.5 Å². The Kier molecular flexibility index (Phi) is 4.89. The molecule has 8 heteroatoms. The Morgan fingerprint density at radius 2 is 2.28 bits per heavy atom. The molecule has 0 aromatic heterocycles. The third-order valence-corrected chi connectivity index (χ3v) is 5.98. The Hall–Kier alpha value is -2.22. The Morgan fingerprint density at radius 3 is 3.04 bits per heavy atom. The lowest BCUT2D eigenvalue weighted by atomic mass is 10.2. The van der Waals surface area contributed by atoms with Gasteiger partial charge in [-0.05, 0) is 31.0 Å². The van der Waals surface area contributed by atoms with Crippen LogP contribution in [0.2, 0.25) is 0 Å². The van der Waals surface area contributed by atoms with Gasteiger partial charge in [-0.2, -0.15) is 0 Å². The fourth-order valence-corrected chi connectivity index (χ4v) is 4.64. The maximum Gasteiger partial charge on any atom is 0.341 e. The van der Waals surface area contributed by atoms with Gasteiger partial charge in [-0.1, -0.05) is 12.1 Å². The summed E-state index contributed by atoms with van der Waals surface area (Å²) in [5, 5.41) is 11.5. The van der Waals surface area contributed by atoms with Crippen LogP contribution < -0.4 is 10.1 Å². The van der Waals surface area contributed by atoms with Crippen molar-refractivity contribution < 1.29 is 24.2 Å². The maximum absolute atomic E-state index is 12.5. The SMILES string of the molecule is CC12CCC(=O)N1C(C(=O)NCc1cccc(OCC(=O)O)c1)CS2. The fourth-order valence-electron chi connectivity index (χ4n) is 3.21. The number of thioether (sulfide) groups is 1. The van der Waals surface area contributed by atoms with E-state index in [0.29, 0.717) is 24.5 Å². The number of fused-ring (bicyclic) bond motifs is 1. The van der Waals surface area contributed by atoms with Crippen LogP contribution in [0.4, 0.5) is 0 Å². The Morgan fingerprint density at radius 1 is 1.48 bits per heavy atom. The van der Waals surface area contributed by atoms with Crippen molar-refractivity contribution in [3.05, 3.63) is 29.8 Å². The van der Waals surface area contributed by atoms with Gasteiger partial charge >= 0.3 is 5.97 Å². The molecule has 2 amide bonds. The number of rotatable bonds is 6. The van der Waals surface area contributed by atoms with Crippen LogP contribution in [-0.4, -0.2) is 51.1 Å². The maximum atomic E-state index is 12.5. The predicted octanol–water partition coefficient (Wildman–Crippen LogP) is 1.22. The molecule has 2 N–H and O–H groups in total. The van der Waals surface area contributed by atoms with Gasteiger partial charge in [0.25, 0.3) is 0 Å². The number of carboxylic acid groups (broad SMARTS) is 1. The van der Waals surface area contributed by atoms with Crippen LogP contribution >= 0.6 is 11.8 Å². The van der Waals surface area contributed by atoms with Crippen LogP contribution in [0.1, 0.15) is 25.3 Å². The second kappa shape index (κ2) is 6.95. The molecule has 7 nitrogen and oxygen atoms in total. The molecule has 2 fully saturated rings. The van der Waals surface area contributed by atoms with Crippen molar-refractivity contribution in [1.82, 2.24) is 10.2 Å². The number of carbonyl (C=O) groups is 3. The highest BCUT2D eigenvalue weighted by Crippen LogP contribution is 2.47. The second-order valence-corrected chi connectivity index (χ2v) is 7.81. The monoisotopic (exact) mass is 364 g/mol. The molecular formula is C17H20N2O5S. The van der Waals surface area contributed by atoms with Crippen molar-refractivity contribution in [3.8, 4) is 5.75 Å². The minimum absolute atomic E-state index is 0.0386. The highest BCUT2D eigenvalue weighted by Gasteiger charge is 2.52. The third-order valence-electron chi connectivity index (χ3n) is 4.47. The van der Waals surface area contributed by atoms with Crippen LogP contribution in [-0.2, 0) is 20.9 Å². The summed E-state index contributed by atoms with van der Waals surface area (Å²) < 4.78 is 5.13. The summed E-state index contributed by atoms with van der Waals surface area (Å²) in [5.41, 5.74) is 0.803. The normalized spacial score (nSPS) is 24.9. The summed E-state index contributed by atoms with van der Waals surface area (Å²) in [5.74, 6) is -0.126. The number of nitrogens with zero attached hydrogens (tertiary/aromatic N) is 1. The van der Waals surface area contributed by atoms with Crippen molar-refractivity contribution in [2.45, 2.75) is 37.2 Å². The molecule has 0 aliphatic carbocycles. The Labute approximate surface area is 149 Å². The van der Waals surface area contributed by atoms with E-state index in [-0.39, 0.29) is 16.7 Å². The lowest BCUT2D eigenvalue weighted by Gasteiger charge is -2.29. The molecule has 25 heavy (non-hydrogen) atoms. The number of carbonyl (C=O) groups excluding carboxylic acids is 2. The van der Waals surface area contributed by atoms with Gasteiger partial charge in [0, 0.05) is 18.7 Å². The molecule has 2 atom stereocenters. The minimum atomic E-state index is -1.05. The summed E-state index contributed by atoms with van der Waals surface area (Å²) in [4.78, 5) is 36.6. The van der Waals surface area contributed by atoms with Crippen molar-refractivity contribution in [2.75, 3.05) is 12.4 Å². The van der Waals surface area contributed by atoms with Gasteiger partial charge < -0.3 is 20.1 Å². The van der Waals surface area contributed by atoms with Gasteiger partial charge in [0.05, 0.1) is 4.87 Å². The van der Waals surface area contributed by atoms with E-state index in [1.165, 1.54) is 0 Å². The van der Waals surface area contributed by atoms with Crippen molar-refractivity contribution in [1.29, 1.82) is 0 Å². The molecule has 2 heterocycles. The molecule has 2 saturated heterocycles. The van der Waals surface area contributed by atoms with E-state index in [1.54, 1.807) is 34.9 Å². The van der Waals surface area contributed by atoms with Gasteiger partial charge in [-0.3, -0.25) is 9.59 Å². The molecule has 1 aromatic carbocycles. The fraction of sp³-hybridized carbons (Fsp3) is 0.471. The van der Waals surface area contributed by atoms with E-state index in [9.17, 15) is 14.4 Å². The molecule has 1 aromatic rings. The Balaban J connectivity index is 1.58. The first-order chi connectivity index (χ1) is 11.9. The number of nitrogens with one attached hydrogen (secondary N) is 1. The number of amides is 2. The molecule has 2 unspecified atom stereocenters. The summed E-state index contributed by atoms with van der Waals surface area (Å²) in [7, 11) is 0. The topological polar surface area (TPSA) is 95.9 Å². The van der Waals surface area contributed by atoms with E-state index >= 15 is 0 Å². The average Bonchev–Trinajstić information content (AvgIpc) is 3.07. The zero-order valence-corrected chi connectivity index (χ0v) is 14.7. The average molecular weight is 364 g/mol. The molecule has 0 saturated carbocycles. The summed E-state index contributed by atoms with van der Waals surface area (Å²) in [6, 6.07) is 6.48. The van der Waals surface area contributed by atoms with Crippen LogP contribution in [0.15, 0.2) is 24.3 Å². The lowest BCUT2D eigenvalue weighted by Crippen LogP contribution is -2.49. The molecule has 0 bridgehead atoms. The number of benzene rings is 1. The first-order valence-electron chi connectivity index (χ1n) is 8.06. The van der Waals surface area contributed by atoms with Gasteiger partial charge in [-0.25, -0.2) is 4.79 Å². The summed E-state index contributed by atoms with van der Waals surface area (Å²) in [6.07, 6.45) is 1.28. The summed E-state index contributed by atoms with van der Waals surface area (Å²) >= 11 is 1.66. The van der Waals surface area contributed by atoms with E-state index in [0.717, 1.165) is 12.0 Å². The van der Waals surface area contributed by atoms with Gasteiger partial charge in [0.2, 0.25) is 11.8 Å². The molecule has 0 spiro atoms. The molecular weight excluding hydrogens is 344 g/mol. The smallest absolute Gasteiger partial charge is 0.341 e. The van der Waals surface area contributed by atoms with E-state index in [2.05, 4.69) is 5.32 Å². The third kappa shape index (κ3) is 3.73. The number of carboxylic acids is 1. The number of ether oxygens (including phenoxy) is 1. The lowest BCUT2D eigenvalue weighted by molar-refractivity contribution is -0.139. The quantitative estimate of drug-likeness (QED) is 0.788. The summed E-state index contributed by atoms with van der Waals surface area (Å²) in [6.45, 7) is 1.90. The predicted molar refractivity (Wildman–Crippen MR) is 92.2 cm³/mol. The number of hydrogen-bond acceptors (Lipinski definition) is 5. The van der Waals surface area contributed by atoms with Gasteiger partial charge in [0.15, 0.2) is 6.61 Å². The molecule has 2 aliphatic rings. The van der Waals surface area contributed by atoms with E-state index in [4.69, 9.17) is 9.84 Å². The number of aliphatic carboxylic acids is 1. The Bertz CT molecular complexity index is 710. The van der Waals surface area contributed by atoms with E-state index in [1.807, 2.05) is 13.0 Å².